The Labute approximate surface area is 87.0 Å². The largest absolute Gasteiger partial charge is 0.404 e. The number of rotatable bonds is 2. The lowest BCUT2D eigenvalue weighted by molar-refractivity contribution is -0.192. The summed E-state index contributed by atoms with van der Waals surface area (Å²) < 4.78 is 38.1. The van der Waals surface area contributed by atoms with Gasteiger partial charge in [0, 0.05) is 19.1 Å². The number of nitrogens with two attached hydrogens (primary N) is 1. The summed E-state index contributed by atoms with van der Waals surface area (Å²) in [5.41, 5.74) is 5.49. The Kier molecular flexibility index (Phi) is 3.63. The van der Waals surface area contributed by atoms with Gasteiger partial charge in [0.15, 0.2) is 0 Å². The molecule has 0 aromatic rings. The number of alkyl halides is 3. The number of likely N-dealkylation sites (tertiary alicyclic amines) is 1. The SMILES string of the molecule is CC(C)C(N1CC(N)C(O)C1)C(F)(F)F. The summed E-state index contributed by atoms with van der Waals surface area (Å²) >= 11 is 0. The monoisotopic (exact) mass is 226 g/mol. The molecule has 0 aliphatic carbocycles. The van der Waals surface area contributed by atoms with Gasteiger partial charge >= 0.3 is 6.18 Å². The zero-order valence-corrected chi connectivity index (χ0v) is 8.83. The summed E-state index contributed by atoms with van der Waals surface area (Å²) in [4.78, 5) is 1.22. The van der Waals surface area contributed by atoms with Gasteiger partial charge in [0.05, 0.1) is 6.10 Å². The first-order valence-corrected chi connectivity index (χ1v) is 4.98. The highest BCUT2D eigenvalue weighted by Crippen LogP contribution is 2.32. The highest BCUT2D eigenvalue weighted by Gasteiger charge is 2.48. The molecule has 0 bridgehead atoms. The van der Waals surface area contributed by atoms with E-state index in [-0.39, 0.29) is 13.1 Å². The van der Waals surface area contributed by atoms with Crippen LogP contribution >= 0.6 is 0 Å². The van der Waals surface area contributed by atoms with Crippen molar-refractivity contribution in [3.8, 4) is 0 Å². The number of hydrogen-bond donors (Lipinski definition) is 2. The number of hydrogen-bond acceptors (Lipinski definition) is 3. The third-order valence-electron chi connectivity index (χ3n) is 2.72. The minimum atomic E-state index is -4.27. The maximum absolute atomic E-state index is 12.7. The normalized spacial score (nSPS) is 31.2. The van der Waals surface area contributed by atoms with Crippen LogP contribution < -0.4 is 5.73 Å². The van der Waals surface area contributed by atoms with Gasteiger partial charge < -0.3 is 10.8 Å². The fourth-order valence-corrected chi connectivity index (χ4v) is 2.08. The first-order valence-electron chi connectivity index (χ1n) is 4.98. The molecule has 1 rings (SSSR count). The van der Waals surface area contributed by atoms with E-state index in [2.05, 4.69) is 0 Å². The number of aliphatic hydroxyl groups excluding tert-OH is 1. The van der Waals surface area contributed by atoms with Crippen molar-refractivity contribution < 1.29 is 18.3 Å². The molecule has 0 saturated carbocycles. The van der Waals surface area contributed by atoms with Crippen molar-refractivity contribution in [2.45, 2.75) is 38.2 Å². The van der Waals surface area contributed by atoms with E-state index in [1.54, 1.807) is 0 Å². The Morgan fingerprint density at radius 2 is 1.87 bits per heavy atom. The van der Waals surface area contributed by atoms with Crippen LogP contribution in [0, 0.1) is 5.92 Å². The summed E-state index contributed by atoms with van der Waals surface area (Å²) in [5, 5.41) is 9.33. The average molecular weight is 226 g/mol. The smallest absolute Gasteiger partial charge is 0.390 e. The standard InChI is InChI=1S/C9H17F3N2O/c1-5(2)8(9(10,11)12)14-3-6(13)7(15)4-14/h5-8,15H,3-4,13H2,1-2H3. The molecule has 0 amide bonds. The van der Waals surface area contributed by atoms with Crippen LogP contribution in [0.4, 0.5) is 13.2 Å². The maximum Gasteiger partial charge on any atom is 0.404 e. The Hall–Kier alpha value is -0.330. The van der Waals surface area contributed by atoms with Crippen LogP contribution in [-0.4, -0.2) is 47.5 Å². The Bertz CT molecular complexity index is 210. The van der Waals surface area contributed by atoms with Crippen LogP contribution in [0.3, 0.4) is 0 Å². The molecule has 6 heteroatoms. The zero-order valence-electron chi connectivity index (χ0n) is 8.83. The lowest BCUT2D eigenvalue weighted by Gasteiger charge is -2.32. The maximum atomic E-state index is 12.7. The predicted molar refractivity (Wildman–Crippen MR) is 50.2 cm³/mol. The van der Waals surface area contributed by atoms with Crippen LogP contribution in [0.2, 0.25) is 0 Å². The Balaban J connectivity index is 2.75. The first-order chi connectivity index (χ1) is 6.73. The summed E-state index contributed by atoms with van der Waals surface area (Å²) in [5.74, 6) is -0.539. The topological polar surface area (TPSA) is 49.5 Å². The van der Waals surface area contributed by atoms with Gasteiger partial charge in [-0.25, -0.2) is 0 Å². The Morgan fingerprint density at radius 1 is 1.33 bits per heavy atom. The van der Waals surface area contributed by atoms with Gasteiger partial charge in [-0.15, -0.1) is 0 Å². The van der Waals surface area contributed by atoms with Gasteiger partial charge in [0.1, 0.15) is 6.04 Å². The number of halogens is 3. The summed E-state index contributed by atoms with van der Waals surface area (Å²) in [7, 11) is 0. The molecule has 1 fully saturated rings. The van der Waals surface area contributed by atoms with Gasteiger partial charge in [-0.1, -0.05) is 13.8 Å². The molecular weight excluding hydrogens is 209 g/mol. The predicted octanol–water partition coefficient (Wildman–Crippen LogP) is 0.577. The summed E-state index contributed by atoms with van der Waals surface area (Å²) in [6.07, 6.45) is -5.12. The minimum Gasteiger partial charge on any atom is -0.390 e. The number of β-amino-alcohol motifs (C(OH)–C–C–N with tert-alkyl or cyclic N) is 1. The van der Waals surface area contributed by atoms with Crippen molar-refractivity contribution in [1.29, 1.82) is 0 Å². The van der Waals surface area contributed by atoms with Crippen LogP contribution in [0.1, 0.15) is 13.8 Å². The van der Waals surface area contributed by atoms with E-state index >= 15 is 0 Å². The molecule has 3 atom stereocenters. The molecular formula is C9H17F3N2O. The fraction of sp³-hybridized carbons (Fsp3) is 1.00. The molecule has 1 aliphatic rings. The lowest BCUT2D eigenvalue weighted by Crippen LogP contribution is -2.48. The molecule has 1 saturated heterocycles. The van der Waals surface area contributed by atoms with Crippen molar-refractivity contribution in [3.63, 3.8) is 0 Å². The molecule has 3 N–H and O–H groups in total. The molecule has 15 heavy (non-hydrogen) atoms. The van der Waals surface area contributed by atoms with Crippen LogP contribution in [0.15, 0.2) is 0 Å². The molecule has 1 aliphatic heterocycles. The second-order valence-electron chi connectivity index (χ2n) is 4.42. The number of nitrogens with zero attached hydrogens (tertiary/aromatic N) is 1. The molecule has 1 heterocycles. The van der Waals surface area contributed by atoms with E-state index in [1.165, 1.54) is 18.7 Å². The lowest BCUT2D eigenvalue weighted by atomic mass is 10.0. The van der Waals surface area contributed by atoms with Crippen molar-refractivity contribution in [2.24, 2.45) is 11.7 Å². The molecule has 0 aromatic heterocycles. The number of aliphatic hydroxyl groups is 1. The van der Waals surface area contributed by atoms with E-state index in [0.717, 1.165) is 0 Å². The van der Waals surface area contributed by atoms with Crippen molar-refractivity contribution in [2.75, 3.05) is 13.1 Å². The average Bonchev–Trinajstić information content (AvgIpc) is 2.27. The van der Waals surface area contributed by atoms with Gasteiger partial charge in [-0.3, -0.25) is 4.90 Å². The Morgan fingerprint density at radius 3 is 2.13 bits per heavy atom. The molecule has 90 valence electrons. The molecule has 3 nitrogen and oxygen atoms in total. The van der Waals surface area contributed by atoms with E-state index in [0.29, 0.717) is 0 Å². The van der Waals surface area contributed by atoms with Gasteiger partial charge in [0.2, 0.25) is 0 Å². The van der Waals surface area contributed by atoms with E-state index in [9.17, 15) is 18.3 Å². The molecule has 0 spiro atoms. The molecule has 0 aromatic carbocycles. The van der Waals surface area contributed by atoms with Gasteiger partial charge in [0.25, 0.3) is 0 Å². The highest BCUT2D eigenvalue weighted by atomic mass is 19.4. The minimum absolute atomic E-state index is 0.00350. The summed E-state index contributed by atoms with van der Waals surface area (Å²) in [6, 6.07) is -2.09. The van der Waals surface area contributed by atoms with E-state index in [4.69, 9.17) is 5.73 Å². The van der Waals surface area contributed by atoms with Crippen LogP contribution in [0.5, 0.6) is 0 Å². The third-order valence-corrected chi connectivity index (χ3v) is 2.72. The second-order valence-corrected chi connectivity index (χ2v) is 4.42. The third kappa shape index (κ3) is 2.83. The second kappa shape index (κ2) is 4.27. The zero-order chi connectivity index (χ0) is 11.8. The highest BCUT2D eigenvalue weighted by molar-refractivity contribution is 4.93. The van der Waals surface area contributed by atoms with Gasteiger partial charge in [-0.05, 0) is 5.92 Å². The fourth-order valence-electron chi connectivity index (χ4n) is 2.08. The molecule has 3 unspecified atom stereocenters. The van der Waals surface area contributed by atoms with Crippen molar-refractivity contribution >= 4 is 0 Å². The van der Waals surface area contributed by atoms with E-state index < -0.39 is 30.3 Å². The quantitative estimate of drug-likeness (QED) is 0.724. The van der Waals surface area contributed by atoms with E-state index in [1.807, 2.05) is 0 Å². The van der Waals surface area contributed by atoms with Gasteiger partial charge in [-0.2, -0.15) is 13.2 Å². The van der Waals surface area contributed by atoms with Crippen LogP contribution in [0.25, 0.3) is 0 Å². The molecule has 0 radical (unpaired) electrons. The first kappa shape index (κ1) is 12.7. The van der Waals surface area contributed by atoms with Crippen LogP contribution in [-0.2, 0) is 0 Å². The summed E-state index contributed by atoms with van der Waals surface area (Å²) in [6.45, 7) is 3.15. The van der Waals surface area contributed by atoms with Crippen molar-refractivity contribution in [3.05, 3.63) is 0 Å². The van der Waals surface area contributed by atoms with Crippen molar-refractivity contribution in [1.82, 2.24) is 4.90 Å².